The van der Waals surface area contributed by atoms with Crippen LogP contribution in [-0.4, -0.2) is 92.1 Å². The standard InChI is InChI=1S/C37H64NO12PS/c1-5-6-27-29-10-9-28(37(29,4)31(40)21-30(27)36(3)16-13-26(39)14-17-36)24(2)7-11-32(41)38-22-34(43)50-23-49-33(42)12-8-25(35(44)45)15-19-52-20-18-51(46,47)48/h24-31,39-40H,5-23H2,1-4H3,(H,38,41)(H,44,45)(H2,46,47,48)/t24-,25?,26-,27?,28?,29?,30?,31+,36+,37-/m1/s1. The molecule has 0 aromatic heterocycles. The van der Waals surface area contributed by atoms with E-state index in [1.807, 2.05) is 0 Å². The van der Waals surface area contributed by atoms with Crippen LogP contribution in [0.5, 0.6) is 0 Å². The minimum atomic E-state index is -4.10. The quantitative estimate of drug-likeness (QED) is 0.0387. The summed E-state index contributed by atoms with van der Waals surface area (Å²) in [6, 6.07) is 0. The van der Waals surface area contributed by atoms with Crippen LogP contribution in [0.15, 0.2) is 0 Å². The van der Waals surface area contributed by atoms with E-state index in [1.54, 1.807) is 0 Å². The number of carboxylic acid groups (broad SMARTS) is 1. The van der Waals surface area contributed by atoms with E-state index in [1.165, 1.54) is 11.8 Å². The Morgan fingerprint density at radius 1 is 0.923 bits per heavy atom. The number of carboxylic acids is 1. The lowest BCUT2D eigenvalue weighted by Gasteiger charge is -2.58. The van der Waals surface area contributed by atoms with E-state index < -0.39 is 44.3 Å². The summed E-state index contributed by atoms with van der Waals surface area (Å²) in [5.41, 5.74) is -0.0828. The van der Waals surface area contributed by atoms with Crippen molar-refractivity contribution in [3.8, 4) is 0 Å². The lowest BCUT2D eigenvalue weighted by Crippen LogP contribution is -2.55. The number of aliphatic hydroxyl groups excluding tert-OH is 2. The molecule has 3 fully saturated rings. The molecule has 0 radical (unpaired) electrons. The van der Waals surface area contributed by atoms with Gasteiger partial charge in [0.1, 0.15) is 6.54 Å². The van der Waals surface area contributed by atoms with E-state index in [0.717, 1.165) is 57.8 Å². The highest BCUT2D eigenvalue weighted by molar-refractivity contribution is 7.99. The zero-order valence-electron chi connectivity index (χ0n) is 31.5. The van der Waals surface area contributed by atoms with Crippen molar-refractivity contribution in [1.82, 2.24) is 5.32 Å². The minimum absolute atomic E-state index is 0.000319. The molecule has 3 aliphatic rings. The monoisotopic (exact) mass is 777 g/mol. The van der Waals surface area contributed by atoms with Crippen molar-refractivity contribution in [2.75, 3.05) is 31.0 Å². The molecular weight excluding hydrogens is 713 g/mol. The number of aliphatic carboxylic acids is 1. The Bertz CT molecular complexity index is 1240. The lowest BCUT2D eigenvalue weighted by atomic mass is 9.48. The van der Waals surface area contributed by atoms with Gasteiger partial charge in [-0.2, -0.15) is 11.8 Å². The van der Waals surface area contributed by atoms with Gasteiger partial charge in [0.05, 0.1) is 24.3 Å². The first kappa shape index (κ1) is 44.7. The highest BCUT2D eigenvalue weighted by Gasteiger charge is 2.61. The molecule has 3 aliphatic carbocycles. The van der Waals surface area contributed by atoms with Crippen molar-refractivity contribution in [3.05, 3.63) is 0 Å². The molecule has 0 heterocycles. The average molecular weight is 778 g/mol. The normalized spacial score (nSPS) is 31.6. The Kier molecular flexibility index (Phi) is 17.4. The van der Waals surface area contributed by atoms with Crippen molar-refractivity contribution in [2.24, 2.45) is 46.3 Å². The van der Waals surface area contributed by atoms with Gasteiger partial charge in [-0.25, -0.2) is 0 Å². The topological polar surface area (TPSA) is 217 Å². The van der Waals surface area contributed by atoms with Gasteiger partial charge in [0.2, 0.25) is 12.7 Å². The van der Waals surface area contributed by atoms with Crippen molar-refractivity contribution in [1.29, 1.82) is 0 Å². The molecule has 3 rings (SSSR count). The summed E-state index contributed by atoms with van der Waals surface area (Å²) in [5, 5.41) is 34.0. The van der Waals surface area contributed by atoms with Gasteiger partial charge in [-0.15, -0.1) is 0 Å². The predicted octanol–water partition coefficient (Wildman–Crippen LogP) is 5.12. The fourth-order valence-corrected chi connectivity index (χ4v) is 11.9. The van der Waals surface area contributed by atoms with Gasteiger partial charge in [-0.1, -0.05) is 40.5 Å². The van der Waals surface area contributed by atoms with Gasteiger partial charge in [0, 0.05) is 18.6 Å². The summed E-state index contributed by atoms with van der Waals surface area (Å²) in [7, 11) is -4.10. The summed E-state index contributed by atoms with van der Waals surface area (Å²) in [6.45, 7) is 8.02. The third-order valence-corrected chi connectivity index (χ3v) is 14.9. The van der Waals surface area contributed by atoms with E-state index in [9.17, 15) is 39.1 Å². The molecule has 15 heteroatoms. The number of esters is 2. The molecular formula is C37H64NO12PS. The van der Waals surface area contributed by atoms with Crippen LogP contribution in [0.25, 0.3) is 0 Å². The number of thioether (sulfide) groups is 1. The highest BCUT2D eigenvalue weighted by atomic mass is 32.2. The number of rotatable bonds is 21. The number of aliphatic hydroxyl groups is 2. The molecule has 0 aliphatic heterocycles. The second kappa shape index (κ2) is 20.3. The van der Waals surface area contributed by atoms with E-state index in [0.29, 0.717) is 29.9 Å². The summed E-state index contributed by atoms with van der Waals surface area (Å²) < 4.78 is 20.7. The molecule has 300 valence electrons. The van der Waals surface area contributed by atoms with Gasteiger partial charge in [-0.05, 0) is 110 Å². The molecule has 0 saturated heterocycles. The largest absolute Gasteiger partial charge is 0.481 e. The summed E-state index contributed by atoms with van der Waals surface area (Å²) >= 11 is 1.23. The molecule has 8 atom stereocenters. The van der Waals surface area contributed by atoms with Crippen LogP contribution < -0.4 is 5.32 Å². The fraction of sp³-hybridized carbons (Fsp3) is 0.892. The Morgan fingerprint density at radius 2 is 1.60 bits per heavy atom. The number of ether oxygens (including phenoxy) is 2. The molecule has 13 nitrogen and oxygen atoms in total. The van der Waals surface area contributed by atoms with Gasteiger partial charge in [0.25, 0.3) is 0 Å². The Morgan fingerprint density at radius 3 is 2.23 bits per heavy atom. The maximum absolute atomic E-state index is 12.7. The van der Waals surface area contributed by atoms with Gasteiger partial charge in [0.15, 0.2) is 0 Å². The first-order valence-corrected chi connectivity index (χ1v) is 22.2. The summed E-state index contributed by atoms with van der Waals surface area (Å²) in [6.07, 6.45) is 8.78. The number of hydrogen-bond acceptors (Lipinski definition) is 10. The van der Waals surface area contributed by atoms with Crippen LogP contribution in [-0.2, 0) is 33.2 Å². The minimum Gasteiger partial charge on any atom is -0.481 e. The Hall–Kier alpha value is -1.70. The SMILES string of the molecule is CCCC1C2CCC([C@H](C)CCC(=O)NCC(=O)OCOC(=O)CCC(CCSCCP(=O)(O)O)C(=O)O)[C@@]2(C)[C@@H](O)CC1[C@]1(C)CC[C@H](O)CC1. The number of carbonyl (C=O) groups is 4. The second-order valence-electron chi connectivity index (χ2n) is 16.2. The average Bonchev–Trinajstić information content (AvgIpc) is 3.44. The molecule has 0 bridgehead atoms. The summed E-state index contributed by atoms with van der Waals surface area (Å²) in [5.74, 6) is -1.28. The van der Waals surface area contributed by atoms with Crippen LogP contribution in [0.3, 0.4) is 0 Å². The van der Waals surface area contributed by atoms with E-state index >= 15 is 0 Å². The van der Waals surface area contributed by atoms with Crippen LogP contribution in [0.2, 0.25) is 0 Å². The Balaban J connectivity index is 1.37. The van der Waals surface area contributed by atoms with Crippen molar-refractivity contribution in [3.63, 3.8) is 0 Å². The number of carbonyl (C=O) groups excluding carboxylic acids is 3. The fourth-order valence-electron chi connectivity index (χ4n) is 9.74. The van der Waals surface area contributed by atoms with Crippen LogP contribution >= 0.6 is 19.4 Å². The van der Waals surface area contributed by atoms with Gasteiger partial charge >= 0.3 is 25.5 Å². The number of fused-ring (bicyclic) bond motifs is 1. The molecule has 5 unspecified atom stereocenters. The van der Waals surface area contributed by atoms with E-state index in [4.69, 9.17) is 19.3 Å². The first-order chi connectivity index (χ1) is 24.4. The smallest absolute Gasteiger partial charge is 0.328 e. The zero-order valence-corrected chi connectivity index (χ0v) is 33.2. The third kappa shape index (κ3) is 12.7. The van der Waals surface area contributed by atoms with Crippen LogP contribution in [0, 0.1) is 46.3 Å². The summed E-state index contributed by atoms with van der Waals surface area (Å²) in [4.78, 5) is 66.2. The lowest BCUT2D eigenvalue weighted by molar-refractivity contribution is -0.167. The maximum Gasteiger partial charge on any atom is 0.328 e. The molecule has 0 aromatic carbocycles. The second-order valence-corrected chi connectivity index (χ2v) is 19.2. The third-order valence-electron chi connectivity index (χ3n) is 12.8. The van der Waals surface area contributed by atoms with E-state index in [-0.39, 0.29) is 78.8 Å². The zero-order chi connectivity index (χ0) is 38.7. The van der Waals surface area contributed by atoms with Crippen LogP contribution in [0.4, 0.5) is 0 Å². The Labute approximate surface area is 313 Å². The molecule has 3 saturated carbocycles. The van der Waals surface area contributed by atoms with Crippen molar-refractivity contribution >= 4 is 43.2 Å². The number of nitrogens with one attached hydrogen (secondary N) is 1. The molecule has 1 amide bonds. The molecule has 6 N–H and O–H groups in total. The van der Waals surface area contributed by atoms with Crippen LogP contribution in [0.1, 0.15) is 118 Å². The van der Waals surface area contributed by atoms with Crippen molar-refractivity contribution in [2.45, 2.75) is 130 Å². The van der Waals surface area contributed by atoms with Gasteiger partial charge < -0.3 is 39.9 Å². The molecule has 52 heavy (non-hydrogen) atoms. The van der Waals surface area contributed by atoms with E-state index in [2.05, 4.69) is 33.0 Å². The number of amides is 1. The van der Waals surface area contributed by atoms with Gasteiger partial charge in [-0.3, -0.25) is 23.7 Å². The van der Waals surface area contributed by atoms with Crippen molar-refractivity contribution < 1.29 is 58.3 Å². The molecule has 0 aromatic rings. The number of hydrogen-bond donors (Lipinski definition) is 6. The predicted molar refractivity (Wildman–Crippen MR) is 197 cm³/mol. The maximum atomic E-state index is 12.7. The molecule has 0 spiro atoms. The first-order valence-electron chi connectivity index (χ1n) is 19.2. The highest BCUT2D eigenvalue weighted by Crippen LogP contribution is 2.65.